The lowest BCUT2D eigenvalue weighted by Gasteiger charge is -2.14. The van der Waals surface area contributed by atoms with Gasteiger partial charge in [0.15, 0.2) is 17.5 Å². The van der Waals surface area contributed by atoms with Crippen LogP contribution in [0.3, 0.4) is 0 Å². The van der Waals surface area contributed by atoms with E-state index in [9.17, 15) is 18.3 Å². The second-order valence-corrected chi connectivity index (χ2v) is 3.90. The molecule has 1 aromatic carbocycles. The minimum Gasteiger partial charge on any atom is -0.383 e. The van der Waals surface area contributed by atoms with E-state index >= 15 is 0 Å². The topological polar surface area (TPSA) is 33.1 Å². The van der Waals surface area contributed by atoms with E-state index in [0.717, 1.165) is 12.1 Å². The molecule has 5 heteroatoms. The van der Waals surface area contributed by atoms with Crippen LogP contribution in [-0.4, -0.2) is 10.1 Å². The van der Waals surface area contributed by atoms with Crippen molar-refractivity contribution in [1.29, 1.82) is 0 Å². The summed E-state index contributed by atoms with van der Waals surface area (Å²) in [6.45, 7) is 1.71. The van der Waals surface area contributed by atoms with Crippen LogP contribution in [0, 0.1) is 24.4 Å². The average molecular weight is 253 g/mol. The third kappa shape index (κ3) is 2.09. The molecule has 0 saturated heterocycles. The number of hydrogen-bond acceptors (Lipinski definition) is 2. The Hall–Kier alpha value is -1.88. The fraction of sp³-hybridized carbons (Fsp3) is 0.154. The van der Waals surface area contributed by atoms with Crippen LogP contribution in [-0.2, 0) is 0 Å². The number of benzene rings is 1. The van der Waals surface area contributed by atoms with Crippen molar-refractivity contribution in [1.82, 2.24) is 4.98 Å². The summed E-state index contributed by atoms with van der Waals surface area (Å²) in [6.07, 6.45) is 1.50. The summed E-state index contributed by atoms with van der Waals surface area (Å²) in [4.78, 5) is 3.81. The first-order chi connectivity index (χ1) is 8.52. The molecule has 1 atom stereocenters. The van der Waals surface area contributed by atoms with Gasteiger partial charge in [-0.05, 0) is 24.6 Å². The molecule has 0 amide bonds. The molecule has 1 aromatic heterocycles. The lowest BCUT2D eigenvalue weighted by molar-refractivity contribution is 0.211. The maximum absolute atomic E-state index is 13.5. The molecule has 0 fully saturated rings. The Morgan fingerprint density at radius 3 is 2.44 bits per heavy atom. The van der Waals surface area contributed by atoms with Gasteiger partial charge >= 0.3 is 0 Å². The third-order valence-corrected chi connectivity index (χ3v) is 2.73. The Bertz CT molecular complexity index is 586. The Morgan fingerprint density at radius 1 is 1.06 bits per heavy atom. The van der Waals surface area contributed by atoms with Gasteiger partial charge in [-0.1, -0.05) is 6.07 Å². The number of aliphatic hydroxyl groups is 1. The molecule has 0 saturated carbocycles. The zero-order chi connectivity index (χ0) is 13.3. The number of aromatic nitrogens is 1. The van der Waals surface area contributed by atoms with Crippen molar-refractivity contribution in [3.8, 4) is 0 Å². The Balaban J connectivity index is 2.50. The Labute approximate surface area is 102 Å². The lowest BCUT2D eigenvalue weighted by atomic mass is 9.99. The van der Waals surface area contributed by atoms with Crippen molar-refractivity contribution in [2.75, 3.05) is 0 Å². The molecular weight excluding hydrogens is 243 g/mol. The van der Waals surface area contributed by atoms with Gasteiger partial charge in [-0.3, -0.25) is 4.98 Å². The van der Waals surface area contributed by atoms with E-state index in [0.29, 0.717) is 11.1 Å². The van der Waals surface area contributed by atoms with E-state index < -0.39 is 23.6 Å². The van der Waals surface area contributed by atoms with Gasteiger partial charge in [-0.2, -0.15) is 0 Å². The SMILES string of the molecule is Cc1ccncc1C(O)c1ccc(F)c(F)c1F. The fourth-order valence-electron chi connectivity index (χ4n) is 1.68. The predicted octanol–water partition coefficient (Wildman–Crippen LogP) is 2.89. The minimum atomic E-state index is -1.59. The van der Waals surface area contributed by atoms with Crippen LogP contribution in [0.15, 0.2) is 30.6 Å². The molecule has 0 aliphatic carbocycles. The first-order valence-electron chi connectivity index (χ1n) is 5.24. The van der Waals surface area contributed by atoms with E-state index in [1.807, 2.05) is 0 Å². The van der Waals surface area contributed by atoms with Crippen LogP contribution in [0.25, 0.3) is 0 Å². The van der Waals surface area contributed by atoms with E-state index in [2.05, 4.69) is 4.98 Å². The van der Waals surface area contributed by atoms with Gasteiger partial charge < -0.3 is 5.11 Å². The standard InChI is InChI=1S/C13H10F3NO/c1-7-4-5-17-6-9(7)13(18)8-2-3-10(14)12(16)11(8)15/h2-6,13,18H,1H3. The van der Waals surface area contributed by atoms with Crippen molar-refractivity contribution < 1.29 is 18.3 Å². The van der Waals surface area contributed by atoms with Crippen LogP contribution in [0.4, 0.5) is 13.2 Å². The van der Waals surface area contributed by atoms with Gasteiger partial charge in [-0.25, -0.2) is 13.2 Å². The summed E-state index contributed by atoms with van der Waals surface area (Å²) >= 11 is 0. The summed E-state index contributed by atoms with van der Waals surface area (Å²) in [5.74, 6) is -4.26. The molecule has 94 valence electrons. The van der Waals surface area contributed by atoms with Gasteiger partial charge in [0.1, 0.15) is 6.10 Å². The highest BCUT2D eigenvalue weighted by Gasteiger charge is 2.21. The molecule has 0 bridgehead atoms. The van der Waals surface area contributed by atoms with Crippen LogP contribution < -0.4 is 0 Å². The van der Waals surface area contributed by atoms with Crippen LogP contribution in [0.2, 0.25) is 0 Å². The quantitative estimate of drug-likeness (QED) is 0.835. The van der Waals surface area contributed by atoms with Gasteiger partial charge in [0, 0.05) is 23.5 Å². The number of aliphatic hydroxyl groups excluding tert-OH is 1. The van der Waals surface area contributed by atoms with Crippen molar-refractivity contribution >= 4 is 0 Å². The molecule has 2 rings (SSSR count). The molecular formula is C13H10F3NO. The largest absolute Gasteiger partial charge is 0.383 e. The van der Waals surface area contributed by atoms with Crippen LogP contribution in [0.1, 0.15) is 22.8 Å². The van der Waals surface area contributed by atoms with Gasteiger partial charge in [0.25, 0.3) is 0 Å². The zero-order valence-corrected chi connectivity index (χ0v) is 9.49. The highest BCUT2D eigenvalue weighted by molar-refractivity contribution is 5.34. The smallest absolute Gasteiger partial charge is 0.194 e. The predicted molar refractivity (Wildman–Crippen MR) is 59.4 cm³/mol. The van der Waals surface area contributed by atoms with Gasteiger partial charge in [-0.15, -0.1) is 0 Å². The van der Waals surface area contributed by atoms with E-state index in [1.165, 1.54) is 12.4 Å². The number of pyridine rings is 1. The molecule has 0 aliphatic rings. The molecule has 2 aromatic rings. The highest BCUT2D eigenvalue weighted by Crippen LogP contribution is 2.27. The summed E-state index contributed by atoms with van der Waals surface area (Å²) in [6, 6.07) is 3.43. The first kappa shape index (κ1) is 12.6. The second-order valence-electron chi connectivity index (χ2n) is 3.90. The molecule has 1 heterocycles. The van der Waals surface area contributed by atoms with E-state index in [1.54, 1.807) is 13.0 Å². The Morgan fingerprint density at radius 2 is 1.78 bits per heavy atom. The molecule has 1 N–H and O–H groups in total. The number of nitrogens with zero attached hydrogens (tertiary/aromatic N) is 1. The molecule has 0 radical (unpaired) electrons. The monoisotopic (exact) mass is 253 g/mol. The maximum atomic E-state index is 13.5. The number of rotatable bonds is 2. The highest BCUT2D eigenvalue weighted by atomic mass is 19.2. The van der Waals surface area contributed by atoms with Crippen molar-refractivity contribution in [2.45, 2.75) is 13.0 Å². The summed E-state index contributed by atoms with van der Waals surface area (Å²) < 4.78 is 39.4. The molecule has 0 aliphatic heterocycles. The number of halogens is 3. The summed E-state index contributed by atoms with van der Waals surface area (Å²) in [7, 11) is 0. The Kier molecular flexibility index (Phi) is 3.34. The van der Waals surface area contributed by atoms with Crippen LogP contribution in [0.5, 0.6) is 0 Å². The maximum Gasteiger partial charge on any atom is 0.194 e. The fourth-order valence-corrected chi connectivity index (χ4v) is 1.68. The third-order valence-electron chi connectivity index (χ3n) is 2.73. The number of aryl methyl sites for hydroxylation is 1. The molecule has 2 nitrogen and oxygen atoms in total. The van der Waals surface area contributed by atoms with Crippen molar-refractivity contribution in [3.05, 3.63) is 64.7 Å². The molecule has 0 spiro atoms. The van der Waals surface area contributed by atoms with Crippen LogP contribution >= 0.6 is 0 Å². The lowest BCUT2D eigenvalue weighted by Crippen LogP contribution is -2.07. The molecule has 1 unspecified atom stereocenters. The summed E-state index contributed by atoms with van der Waals surface area (Å²) in [5, 5.41) is 10.00. The zero-order valence-electron chi connectivity index (χ0n) is 9.49. The molecule has 18 heavy (non-hydrogen) atoms. The second kappa shape index (κ2) is 4.78. The summed E-state index contributed by atoms with van der Waals surface area (Å²) in [5.41, 5.74) is 0.717. The number of hydrogen-bond donors (Lipinski definition) is 1. The minimum absolute atomic E-state index is 0.315. The van der Waals surface area contributed by atoms with Gasteiger partial charge in [0.2, 0.25) is 0 Å². The van der Waals surface area contributed by atoms with Crippen molar-refractivity contribution in [2.24, 2.45) is 0 Å². The van der Waals surface area contributed by atoms with Crippen molar-refractivity contribution in [3.63, 3.8) is 0 Å². The first-order valence-corrected chi connectivity index (χ1v) is 5.24. The normalized spacial score (nSPS) is 12.5. The van der Waals surface area contributed by atoms with E-state index in [4.69, 9.17) is 0 Å². The van der Waals surface area contributed by atoms with E-state index in [-0.39, 0.29) is 5.56 Å². The van der Waals surface area contributed by atoms with Gasteiger partial charge in [0.05, 0.1) is 0 Å². The average Bonchev–Trinajstić information content (AvgIpc) is 2.36.